The molecule has 0 aliphatic heterocycles. The number of hydrogen-bond acceptors (Lipinski definition) is 5. The summed E-state index contributed by atoms with van der Waals surface area (Å²) in [5, 5.41) is 0.418. The smallest absolute Gasteiger partial charge is 0.340 e. The molecule has 0 saturated heterocycles. The zero-order valence-corrected chi connectivity index (χ0v) is 13.1. The molecule has 2 rings (SSSR count). The second-order valence-electron chi connectivity index (χ2n) is 4.49. The summed E-state index contributed by atoms with van der Waals surface area (Å²) in [5.41, 5.74) is 7.34. The standard InChI is InChI=1S/C16H16ClNO4/c1-3-21-15(19)12-10-7-5-6-9(17)8-11(10)13(14(12)18)16(20)22-4-2/h5-8H,3-4,18H2,1-2H3. The number of carbonyl (C=O) groups is 2. The molecule has 0 heterocycles. The Balaban J connectivity index is 2.74. The van der Waals surface area contributed by atoms with Gasteiger partial charge in [0.25, 0.3) is 0 Å². The van der Waals surface area contributed by atoms with Crippen LogP contribution >= 0.6 is 11.6 Å². The van der Waals surface area contributed by atoms with Crippen molar-refractivity contribution in [1.82, 2.24) is 0 Å². The molecule has 0 saturated carbocycles. The lowest BCUT2D eigenvalue weighted by atomic mass is 10.1. The van der Waals surface area contributed by atoms with Crippen LogP contribution in [0.25, 0.3) is 11.1 Å². The molecule has 116 valence electrons. The maximum atomic E-state index is 12.2. The molecule has 2 aliphatic rings. The lowest BCUT2D eigenvalue weighted by molar-refractivity contribution is 0.0525. The molecule has 0 spiro atoms. The molecule has 0 unspecified atom stereocenters. The minimum atomic E-state index is -0.595. The molecule has 22 heavy (non-hydrogen) atoms. The fourth-order valence-corrected chi connectivity index (χ4v) is 2.46. The molecule has 0 amide bonds. The number of fused-ring (bicyclic) bond motifs is 1. The van der Waals surface area contributed by atoms with E-state index in [2.05, 4.69) is 0 Å². The van der Waals surface area contributed by atoms with Gasteiger partial charge in [0, 0.05) is 10.6 Å². The summed E-state index contributed by atoms with van der Waals surface area (Å²) in [6, 6.07) is 6.60. The van der Waals surface area contributed by atoms with Crippen molar-refractivity contribution < 1.29 is 19.1 Å². The molecular weight excluding hydrogens is 306 g/mol. The second kappa shape index (κ2) is 6.66. The van der Waals surface area contributed by atoms with Crippen molar-refractivity contribution in [3.63, 3.8) is 0 Å². The lowest BCUT2D eigenvalue weighted by Gasteiger charge is -2.03. The van der Waals surface area contributed by atoms with Crippen LogP contribution in [-0.2, 0) is 9.47 Å². The number of carbonyl (C=O) groups excluding carboxylic acids is 2. The van der Waals surface area contributed by atoms with Crippen molar-refractivity contribution >= 4 is 29.2 Å². The molecule has 0 atom stereocenters. The molecule has 2 aliphatic carbocycles. The monoisotopic (exact) mass is 321 g/mol. The summed E-state index contributed by atoms with van der Waals surface area (Å²) in [4.78, 5) is 24.4. The van der Waals surface area contributed by atoms with Crippen LogP contribution in [0, 0.1) is 0 Å². The summed E-state index contributed by atoms with van der Waals surface area (Å²) in [7, 11) is 0. The SMILES string of the molecule is CCOC(=O)c1c2cccc(Cl)cc-2c(C(=O)OCC)c1N. The minimum Gasteiger partial charge on any atom is -0.462 e. The van der Waals surface area contributed by atoms with Crippen molar-refractivity contribution in [3.8, 4) is 11.1 Å². The van der Waals surface area contributed by atoms with E-state index in [4.69, 9.17) is 26.8 Å². The average molecular weight is 322 g/mol. The summed E-state index contributed by atoms with van der Waals surface area (Å²) in [5.74, 6) is -1.18. The number of halogens is 1. The first-order valence-electron chi connectivity index (χ1n) is 6.86. The number of esters is 2. The molecule has 0 bridgehead atoms. The van der Waals surface area contributed by atoms with Crippen molar-refractivity contribution in [2.24, 2.45) is 0 Å². The third-order valence-corrected chi connectivity index (χ3v) is 3.36. The van der Waals surface area contributed by atoms with Crippen LogP contribution in [0.2, 0.25) is 5.02 Å². The van der Waals surface area contributed by atoms with Gasteiger partial charge in [-0.15, -0.1) is 0 Å². The molecule has 5 nitrogen and oxygen atoms in total. The highest BCUT2D eigenvalue weighted by Crippen LogP contribution is 2.40. The van der Waals surface area contributed by atoms with Gasteiger partial charge in [0.1, 0.15) is 0 Å². The Bertz CT molecular complexity index is 699. The van der Waals surface area contributed by atoms with Gasteiger partial charge in [-0.05, 0) is 31.5 Å². The fourth-order valence-electron chi connectivity index (χ4n) is 2.28. The second-order valence-corrected chi connectivity index (χ2v) is 4.92. The summed E-state index contributed by atoms with van der Waals surface area (Å²) in [6.07, 6.45) is 0. The van der Waals surface area contributed by atoms with Gasteiger partial charge < -0.3 is 15.2 Å². The molecule has 0 fully saturated rings. The van der Waals surface area contributed by atoms with E-state index in [1.807, 2.05) is 0 Å². The Labute approximate surface area is 133 Å². The maximum Gasteiger partial charge on any atom is 0.340 e. The van der Waals surface area contributed by atoms with Gasteiger partial charge in [0.15, 0.2) is 0 Å². The van der Waals surface area contributed by atoms with Crippen molar-refractivity contribution in [3.05, 3.63) is 40.4 Å². The fraction of sp³-hybridized carbons (Fsp3) is 0.250. The van der Waals surface area contributed by atoms with Crippen LogP contribution in [0.1, 0.15) is 34.6 Å². The highest BCUT2D eigenvalue weighted by atomic mass is 35.5. The predicted molar refractivity (Wildman–Crippen MR) is 84.4 cm³/mol. The Kier molecular flexibility index (Phi) is 4.88. The Morgan fingerprint density at radius 1 is 1.05 bits per heavy atom. The molecule has 6 heteroatoms. The third kappa shape index (κ3) is 2.85. The maximum absolute atomic E-state index is 12.2. The van der Waals surface area contributed by atoms with E-state index in [0.29, 0.717) is 16.1 Å². The number of rotatable bonds is 4. The predicted octanol–water partition coefficient (Wildman–Crippen LogP) is 3.38. The van der Waals surface area contributed by atoms with Crippen LogP contribution in [-0.4, -0.2) is 25.2 Å². The van der Waals surface area contributed by atoms with E-state index in [9.17, 15) is 9.59 Å². The number of nitrogens with two attached hydrogens (primary N) is 1. The van der Waals surface area contributed by atoms with Gasteiger partial charge in [0.2, 0.25) is 0 Å². The quantitative estimate of drug-likeness (QED) is 0.873. The number of nitrogen functional groups attached to an aromatic ring is 1. The first-order chi connectivity index (χ1) is 10.5. The molecular formula is C16H16ClNO4. The topological polar surface area (TPSA) is 78.6 Å². The van der Waals surface area contributed by atoms with E-state index in [-0.39, 0.29) is 30.0 Å². The summed E-state index contributed by atoms with van der Waals surface area (Å²) in [6.45, 7) is 3.80. The van der Waals surface area contributed by atoms with Crippen molar-refractivity contribution in [2.75, 3.05) is 18.9 Å². The van der Waals surface area contributed by atoms with Crippen molar-refractivity contribution in [2.45, 2.75) is 13.8 Å². The van der Waals surface area contributed by atoms with Gasteiger partial charge in [-0.25, -0.2) is 9.59 Å². The average Bonchev–Trinajstić information content (AvgIpc) is 2.59. The molecule has 2 N–H and O–H groups in total. The van der Waals surface area contributed by atoms with Crippen LogP contribution in [0.4, 0.5) is 5.69 Å². The molecule has 0 aromatic carbocycles. The van der Waals surface area contributed by atoms with E-state index < -0.39 is 11.9 Å². The van der Waals surface area contributed by atoms with E-state index in [1.54, 1.807) is 38.1 Å². The number of hydrogen-bond donors (Lipinski definition) is 1. The highest BCUT2D eigenvalue weighted by Gasteiger charge is 2.30. The van der Waals surface area contributed by atoms with Crippen LogP contribution in [0.3, 0.4) is 0 Å². The van der Waals surface area contributed by atoms with Crippen LogP contribution in [0.15, 0.2) is 24.3 Å². The van der Waals surface area contributed by atoms with Gasteiger partial charge in [-0.3, -0.25) is 0 Å². The van der Waals surface area contributed by atoms with Gasteiger partial charge in [0.05, 0.1) is 30.0 Å². The van der Waals surface area contributed by atoms with E-state index >= 15 is 0 Å². The van der Waals surface area contributed by atoms with E-state index in [1.165, 1.54) is 0 Å². The summed E-state index contributed by atoms with van der Waals surface area (Å²) >= 11 is 6.05. The van der Waals surface area contributed by atoms with Gasteiger partial charge >= 0.3 is 11.9 Å². The van der Waals surface area contributed by atoms with Crippen LogP contribution < -0.4 is 5.73 Å². The van der Waals surface area contributed by atoms with Crippen LogP contribution in [0.5, 0.6) is 0 Å². The number of ether oxygens (including phenoxy) is 2. The number of anilines is 1. The molecule has 0 aromatic rings. The van der Waals surface area contributed by atoms with Crippen molar-refractivity contribution in [1.29, 1.82) is 0 Å². The Morgan fingerprint density at radius 2 is 1.59 bits per heavy atom. The minimum absolute atomic E-state index is 0.0502. The Hall–Kier alpha value is -2.27. The van der Waals surface area contributed by atoms with Gasteiger partial charge in [-0.2, -0.15) is 0 Å². The zero-order chi connectivity index (χ0) is 16.3. The first kappa shape index (κ1) is 16.1. The third-order valence-electron chi connectivity index (χ3n) is 3.13. The lowest BCUT2D eigenvalue weighted by Crippen LogP contribution is -2.09. The normalized spacial score (nSPS) is 10.5. The molecule has 0 radical (unpaired) electrons. The zero-order valence-electron chi connectivity index (χ0n) is 12.3. The van der Waals surface area contributed by atoms with E-state index in [0.717, 1.165) is 0 Å². The molecule has 0 aromatic heterocycles. The highest BCUT2D eigenvalue weighted by molar-refractivity contribution is 6.31. The first-order valence-corrected chi connectivity index (χ1v) is 7.24. The van der Waals surface area contributed by atoms with Gasteiger partial charge in [-0.1, -0.05) is 23.7 Å². The summed E-state index contributed by atoms with van der Waals surface area (Å²) < 4.78 is 10.1. The Morgan fingerprint density at radius 3 is 2.14 bits per heavy atom. The largest absolute Gasteiger partial charge is 0.462 e.